The number of thiophene rings is 1. The smallest absolute Gasteiger partial charge is 0.260 e. The summed E-state index contributed by atoms with van der Waals surface area (Å²) in [5.74, 6) is -0.401. The minimum absolute atomic E-state index is 0.142. The maximum atomic E-state index is 11.8. The molecule has 0 unspecified atom stereocenters. The zero-order valence-corrected chi connectivity index (χ0v) is 12.2. The second-order valence-corrected chi connectivity index (χ2v) is 5.62. The molecular weight excluding hydrogens is 264 g/mol. The van der Waals surface area contributed by atoms with Crippen LogP contribution < -0.4 is 22.1 Å². The maximum Gasteiger partial charge on any atom is 0.260 e. The largest absolute Gasteiger partial charge is 0.397 e. The van der Waals surface area contributed by atoms with Crippen molar-refractivity contribution in [3.63, 3.8) is 0 Å². The number of primary amides is 1. The molecule has 0 radical (unpaired) electrons. The van der Waals surface area contributed by atoms with E-state index in [-0.39, 0.29) is 16.5 Å². The minimum atomic E-state index is -0.621. The third-order valence-electron chi connectivity index (χ3n) is 2.63. The van der Waals surface area contributed by atoms with Crippen LogP contribution in [0.3, 0.4) is 0 Å². The van der Waals surface area contributed by atoms with E-state index in [1.807, 2.05) is 0 Å². The van der Waals surface area contributed by atoms with Gasteiger partial charge in [0.2, 0.25) is 0 Å². The highest BCUT2D eigenvalue weighted by Gasteiger charge is 2.23. The summed E-state index contributed by atoms with van der Waals surface area (Å²) in [6, 6.07) is 0. The number of hydrogen-bond acceptors (Lipinski definition) is 5. The number of nitrogens with one attached hydrogen (secondary N) is 2. The van der Waals surface area contributed by atoms with Crippen LogP contribution in [-0.4, -0.2) is 25.4 Å². The van der Waals surface area contributed by atoms with Gasteiger partial charge in [-0.05, 0) is 12.3 Å². The molecule has 0 bridgehead atoms. The third-order valence-corrected chi connectivity index (χ3v) is 3.81. The highest BCUT2D eigenvalue weighted by atomic mass is 32.1. The molecule has 0 aromatic carbocycles. The van der Waals surface area contributed by atoms with Crippen LogP contribution in [0.5, 0.6) is 0 Å². The van der Waals surface area contributed by atoms with Crippen LogP contribution in [0, 0.1) is 5.92 Å². The number of anilines is 2. The van der Waals surface area contributed by atoms with Crippen LogP contribution in [0.1, 0.15) is 40.3 Å². The summed E-state index contributed by atoms with van der Waals surface area (Å²) in [6.07, 6.45) is 0.955. The zero-order valence-electron chi connectivity index (χ0n) is 11.4. The molecule has 0 aliphatic rings. The summed E-state index contributed by atoms with van der Waals surface area (Å²) in [5, 5.41) is 6.24. The molecule has 1 aromatic heterocycles. The first-order chi connectivity index (χ1) is 8.88. The lowest BCUT2D eigenvalue weighted by Gasteiger charge is -2.08. The van der Waals surface area contributed by atoms with Gasteiger partial charge in [-0.3, -0.25) is 9.59 Å². The van der Waals surface area contributed by atoms with E-state index in [0.29, 0.717) is 23.0 Å². The number of carbonyl (C=O) groups is 2. The van der Waals surface area contributed by atoms with Gasteiger partial charge in [0.15, 0.2) is 0 Å². The highest BCUT2D eigenvalue weighted by molar-refractivity contribution is 7.19. The SMILES string of the molecule is CNC(=O)c1c(NCCC(C)C)sc(C(N)=O)c1N. The molecule has 0 aliphatic carbocycles. The van der Waals surface area contributed by atoms with Crippen molar-refractivity contribution in [1.82, 2.24) is 5.32 Å². The van der Waals surface area contributed by atoms with Gasteiger partial charge in [-0.1, -0.05) is 13.8 Å². The molecule has 0 saturated carbocycles. The Kier molecular flexibility index (Phi) is 5.17. The summed E-state index contributed by atoms with van der Waals surface area (Å²) in [5.41, 5.74) is 11.5. The van der Waals surface area contributed by atoms with Crippen LogP contribution in [0.15, 0.2) is 0 Å². The second kappa shape index (κ2) is 6.42. The van der Waals surface area contributed by atoms with Crippen LogP contribution in [-0.2, 0) is 0 Å². The van der Waals surface area contributed by atoms with E-state index in [9.17, 15) is 9.59 Å². The number of rotatable bonds is 6. The number of carbonyl (C=O) groups excluding carboxylic acids is 2. The van der Waals surface area contributed by atoms with Crippen molar-refractivity contribution in [3.8, 4) is 0 Å². The molecule has 1 aromatic rings. The molecule has 106 valence electrons. The third kappa shape index (κ3) is 3.60. The molecule has 7 heteroatoms. The lowest BCUT2D eigenvalue weighted by Crippen LogP contribution is -2.21. The van der Waals surface area contributed by atoms with E-state index >= 15 is 0 Å². The molecule has 0 spiro atoms. The van der Waals surface area contributed by atoms with Gasteiger partial charge in [-0.25, -0.2) is 0 Å². The normalized spacial score (nSPS) is 10.5. The number of nitrogens with two attached hydrogens (primary N) is 2. The Morgan fingerprint density at radius 2 is 2.00 bits per heavy atom. The van der Waals surface area contributed by atoms with Gasteiger partial charge in [0, 0.05) is 13.6 Å². The van der Waals surface area contributed by atoms with Gasteiger partial charge >= 0.3 is 0 Å². The first-order valence-electron chi connectivity index (χ1n) is 6.06. The summed E-state index contributed by atoms with van der Waals surface area (Å²) in [4.78, 5) is 23.3. The topological polar surface area (TPSA) is 110 Å². The van der Waals surface area contributed by atoms with E-state index in [2.05, 4.69) is 24.5 Å². The molecule has 19 heavy (non-hydrogen) atoms. The first-order valence-corrected chi connectivity index (χ1v) is 6.88. The van der Waals surface area contributed by atoms with E-state index in [0.717, 1.165) is 17.8 Å². The average Bonchev–Trinajstić information content (AvgIpc) is 2.65. The summed E-state index contributed by atoms with van der Waals surface area (Å²) in [7, 11) is 1.52. The van der Waals surface area contributed by atoms with Crippen LogP contribution in [0.25, 0.3) is 0 Å². The van der Waals surface area contributed by atoms with Gasteiger partial charge in [0.25, 0.3) is 11.8 Å². The van der Waals surface area contributed by atoms with Gasteiger partial charge in [-0.15, -0.1) is 11.3 Å². The number of amides is 2. The standard InChI is InChI=1S/C12H20N4O2S/c1-6(2)4-5-16-12-7(11(18)15-3)8(13)9(19-12)10(14)17/h6,16H,4-5,13H2,1-3H3,(H2,14,17)(H,15,18). The molecule has 0 aliphatic heterocycles. The molecular formula is C12H20N4O2S. The Bertz CT molecular complexity index is 482. The quantitative estimate of drug-likeness (QED) is 0.630. The number of hydrogen-bond donors (Lipinski definition) is 4. The highest BCUT2D eigenvalue weighted by Crippen LogP contribution is 2.35. The van der Waals surface area contributed by atoms with E-state index in [1.165, 1.54) is 7.05 Å². The van der Waals surface area contributed by atoms with Crippen molar-refractivity contribution in [2.75, 3.05) is 24.6 Å². The van der Waals surface area contributed by atoms with Gasteiger partial charge in [0.05, 0.1) is 11.3 Å². The molecule has 0 atom stereocenters. The van der Waals surface area contributed by atoms with Crippen molar-refractivity contribution in [1.29, 1.82) is 0 Å². The van der Waals surface area contributed by atoms with Gasteiger partial charge < -0.3 is 22.1 Å². The van der Waals surface area contributed by atoms with Crippen molar-refractivity contribution in [2.45, 2.75) is 20.3 Å². The summed E-state index contributed by atoms with van der Waals surface area (Å²) >= 11 is 1.12. The fraction of sp³-hybridized carbons (Fsp3) is 0.500. The molecule has 2 amide bonds. The van der Waals surface area contributed by atoms with Crippen molar-refractivity contribution in [2.24, 2.45) is 11.7 Å². The first kappa shape index (κ1) is 15.3. The van der Waals surface area contributed by atoms with Crippen LogP contribution in [0.2, 0.25) is 0 Å². The fourth-order valence-corrected chi connectivity index (χ4v) is 2.57. The van der Waals surface area contributed by atoms with Crippen molar-refractivity contribution >= 4 is 33.8 Å². The molecule has 1 rings (SSSR count). The zero-order chi connectivity index (χ0) is 14.6. The molecule has 0 fully saturated rings. The minimum Gasteiger partial charge on any atom is -0.397 e. The van der Waals surface area contributed by atoms with Crippen molar-refractivity contribution < 1.29 is 9.59 Å². The summed E-state index contributed by atoms with van der Waals surface area (Å²) in [6.45, 7) is 4.93. The Balaban J connectivity index is 3.04. The molecule has 0 saturated heterocycles. The van der Waals surface area contributed by atoms with Crippen LogP contribution in [0.4, 0.5) is 10.7 Å². The second-order valence-electron chi connectivity index (χ2n) is 4.60. The van der Waals surface area contributed by atoms with Crippen molar-refractivity contribution in [3.05, 3.63) is 10.4 Å². The predicted molar refractivity (Wildman–Crippen MR) is 78.6 cm³/mol. The number of nitrogen functional groups attached to an aromatic ring is 1. The summed E-state index contributed by atoms with van der Waals surface area (Å²) < 4.78 is 0. The predicted octanol–water partition coefficient (Wildman–Crippen LogP) is 1.25. The van der Waals surface area contributed by atoms with E-state index in [1.54, 1.807) is 0 Å². The molecule has 6 nitrogen and oxygen atoms in total. The lowest BCUT2D eigenvalue weighted by molar-refractivity contribution is 0.0965. The van der Waals surface area contributed by atoms with Gasteiger partial charge in [0.1, 0.15) is 9.88 Å². The Morgan fingerprint density at radius 1 is 1.37 bits per heavy atom. The van der Waals surface area contributed by atoms with E-state index < -0.39 is 5.91 Å². The van der Waals surface area contributed by atoms with Gasteiger partial charge in [-0.2, -0.15) is 0 Å². The Hall–Kier alpha value is -1.76. The van der Waals surface area contributed by atoms with Crippen LogP contribution >= 0.6 is 11.3 Å². The maximum absolute atomic E-state index is 11.8. The molecule has 6 N–H and O–H groups in total. The average molecular weight is 284 g/mol. The fourth-order valence-electron chi connectivity index (χ4n) is 1.58. The lowest BCUT2D eigenvalue weighted by atomic mass is 10.1. The Labute approximate surface area is 116 Å². The monoisotopic (exact) mass is 284 g/mol. The van der Waals surface area contributed by atoms with E-state index in [4.69, 9.17) is 11.5 Å². The Morgan fingerprint density at radius 3 is 2.47 bits per heavy atom. The molecule has 1 heterocycles.